The third-order valence-corrected chi connectivity index (χ3v) is 5.58. The summed E-state index contributed by atoms with van der Waals surface area (Å²) in [7, 11) is 0. The van der Waals surface area contributed by atoms with Gasteiger partial charge in [-0.2, -0.15) is 0 Å². The maximum Gasteiger partial charge on any atom is 0.0274 e. The van der Waals surface area contributed by atoms with Gasteiger partial charge in [-0.05, 0) is 62.6 Å². The van der Waals surface area contributed by atoms with E-state index < -0.39 is 0 Å². The molecule has 0 aromatic heterocycles. The van der Waals surface area contributed by atoms with Crippen LogP contribution in [0.5, 0.6) is 0 Å². The van der Waals surface area contributed by atoms with Crippen LogP contribution < -0.4 is 5.32 Å². The van der Waals surface area contributed by atoms with Gasteiger partial charge in [-0.3, -0.25) is 4.90 Å². The van der Waals surface area contributed by atoms with Crippen LogP contribution in [0.4, 0.5) is 0 Å². The van der Waals surface area contributed by atoms with E-state index in [-0.39, 0.29) is 0 Å². The van der Waals surface area contributed by atoms with Gasteiger partial charge in [0.1, 0.15) is 0 Å². The van der Waals surface area contributed by atoms with Crippen LogP contribution >= 0.6 is 0 Å². The molecule has 1 heterocycles. The number of rotatable bonds is 3. The summed E-state index contributed by atoms with van der Waals surface area (Å²) in [6, 6.07) is 1.45. The monoisotopic (exact) mass is 266 g/mol. The van der Waals surface area contributed by atoms with Gasteiger partial charge in [0.25, 0.3) is 0 Å². The summed E-state index contributed by atoms with van der Waals surface area (Å²) in [5.41, 5.74) is 1.01. The fourth-order valence-electron chi connectivity index (χ4n) is 4.16. The van der Waals surface area contributed by atoms with Crippen molar-refractivity contribution < 1.29 is 0 Å². The lowest BCUT2D eigenvalue weighted by atomic mass is 9.85. The Morgan fingerprint density at radius 1 is 1.05 bits per heavy atom. The van der Waals surface area contributed by atoms with E-state index in [1.54, 1.807) is 0 Å². The van der Waals surface area contributed by atoms with Gasteiger partial charge in [-0.1, -0.05) is 34.6 Å². The maximum absolute atomic E-state index is 3.78. The van der Waals surface area contributed by atoms with E-state index in [1.165, 1.54) is 45.2 Å². The van der Waals surface area contributed by atoms with Crippen molar-refractivity contribution in [1.29, 1.82) is 0 Å². The lowest BCUT2D eigenvalue weighted by Crippen LogP contribution is -2.52. The Labute approximate surface area is 120 Å². The van der Waals surface area contributed by atoms with E-state index in [0.717, 1.165) is 12.6 Å². The second kappa shape index (κ2) is 5.73. The van der Waals surface area contributed by atoms with Crippen LogP contribution in [-0.2, 0) is 0 Å². The van der Waals surface area contributed by atoms with E-state index >= 15 is 0 Å². The van der Waals surface area contributed by atoms with Gasteiger partial charge >= 0.3 is 0 Å². The summed E-state index contributed by atoms with van der Waals surface area (Å²) < 4.78 is 0. The molecular formula is C17H34N2. The molecule has 1 aliphatic carbocycles. The average molecular weight is 266 g/mol. The van der Waals surface area contributed by atoms with Gasteiger partial charge in [0.15, 0.2) is 0 Å². The van der Waals surface area contributed by atoms with Crippen LogP contribution in [0.2, 0.25) is 0 Å². The Hall–Kier alpha value is -0.0800. The van der Waals surface area contributed by atoms with Crippen LogP contribution in [0.15, 0.2) is 0 Å². The highest BCUT2D eigenvalue weighted by atomic mass is 15.2. The van der Waals surface area contributed by atoms with Gasteiger partial charge in [-0.15, -0.1) is 0 Å². The molecule has 2 rings (SSSR count). The van der Waals surface area contributed by atoms with Crippen molar-refractivity contribution in [2.45, 2.75) is 78.8 Å². The first-order chi connectivity index (χ1) is 8.86. The van der Waals surface area contributed by atoms with Crippen molar-refractivity contribution in [2.75, 3.05) is 19.6 Å². The van der Waals surface area contributed by atoms with E-state index in [1.807, 2.05) is 0 Å². The second-order valence-electron chi connectivity index (χ2n) is 8.18. The number of nitrogens with zero attached hydrogens (tertiary/aromatic N) is 1. The summed E-state index contributed by atoms with van der Waals surface area (Å²) in [6.07, 6.45) is 6.89. The molecule has 2 fully saturated rings. The summed E-state index contributed by atoms with van der Waals surface area (Å²) in [5.74, 6) is 0. The summed E-state index contributed by atoms with van der Waals surface area (Å²) in [4.78, 5) is 2.80. The van der Waals surface area contributed by atoms with E-state index in [9.17, 15) is 0 Å². The average Bonchev–Trinajstić information content (AvgIpc) is 2.50. The molecule has 2 unspecified atom stereocenters. The fraction of sp³-hybridized carbons (Fsp3) is 1.00. The van der Waals surface area contributed by atoms with Gasteiger partial charge in [-0.25, -0.2) is 0 Å². The largest absolute Gasteiger partial charge is 0.312 e. The summed E-state index contributed by atoms with van der Waals surface area (Å²) in [5, 5.41) is 3.78. The molecule has 0 aromatic rings. The van der Waals surface area contributed by atoms with E-state index in [0.29, 0.717) is 16.9 Å². The normalized spacial score (nSPS) is 35.2. The van der Waals surface area contributed by atoms with Gasteiger partial charge in [0.2, 0.25) is 0 Å². The Balaban J connectivity index is 2.04. The van der Waals surface area contributed by atoms with Gasteiger partial charge in [0, 0.05) is 12.1 Å². The van der Waals surface area contributed by atoms with Crippen LogP contribution in [0, 0.1) is 10.8 Å². The third kappa shape index (κ3) is 3.52. The van der Waals surface area contributed by atoms with E-state index in [2.05, 4.69) is 44.8 Å². The van der Waals surface area contributed by atoms with Crippen LogP contribution in [0.1, 0.15) is 66.7 Å². The first-order valence-corrected chi connectivity index (χ1v) is 8.33. The molecule has 1 saturated carbocycles. The Morgan fingerprint density at radius 2 is 1.79 bits per heavy atom. The molecule has 0 bridgehead atoms. The molecule has 0 spiro atoms. The maximum atomic E-state index is 3.78. The highest BCUT2D eigenvalue weighted by molar-refractivity contribution is 5.01. The van der Waals surface area contributed by atoms with Crippen molar-refractivity contribution in [3.63, 3.8) is 0 Å². The third-order valence-electron chi connectivity index (χ3n) is 5.58. The predicted molar refractivity (Wildman–Crippen MR) is 83.5 cm³/mol. The molecule has 0 aromatic carbocycles. The lowest BCUT2D eigenvalue weighted by molar-refractivity contribution is 0.145. The number of hydrogen-bond acceptors (Lipinski definition) is 2. The minimum Gasteiger partial charge on any atom is -0.312 e. The molecule has 19 heavy (non-hydrogen) atoms. The zero-order valence-corrected chi connectivity index (χ0v) is 13.8. The molecule has 0 amide bonds. The zero-order valence-electron chi connectivity index (χ0n) is 13.8. The molecule has 0 radical (unpaired) electrons. The second-order valence-corrected chi connectivity index (χ2v) is 8.18. The van der Waals surface area contributed by atoms with Crippen molar-refractivity contribution in [2.24, 2.45) is 10.8 Å². The minimum atomic E-state index is 0.461. The van der Waals surface area contributed by atoms with E-state index in [4.69, 9.17) is 0 Å². The molecule has 2 aliphatic rings. The standard InChI is InChI=1S/C17H34N2/c1-6-18-15-14(8-10-17(15,4)5)19-12-7-9-16(2,3)11-13-19/h14-15,18H,6-13H2,1-5H3. The van der Waals surface area contributed by atoms with Crippen LogP contribution in [-0.4, -0.2) is 36.6 Å². The highest BCUT2D eigenvalue weighted by Gasteiger charge is 2.44. The minimum absolute atomic E-state index is 0.461. The molecule has 2 heteroatoms. The molecular weight excluding hydrogens is 232 g/mol. The van der Waals surface area contributed by atoms with Gasteiger partial charge in [0.05, 0.1) is 0 Å². The summed E-state index contributed by atoms with van der Waals surface area (Å²) in [6.45, 7) is 15.7. The van der Waals surface area contributed by atoms with Crippen LogP contribution in [0.25, 0.3) is 0 Å². The highest BCUT2D eigenvalue weighted by Crippen LogP contribution is 2.41. The zero-order chi connectivity index (χ0) is 14.1. The van der Waals surface area contributed by atoms with Crippen molar-refractivity contribution in [3.8, 4) is 0 Å². The summed E-state index contributed by atoms with van der Waals surface area (Å²) >= 11 is 0. The first-order valence-electron chi connectivity index (χ1n) is 8.33. The Morgan fingerprint density at radius 3 is 2.47 bits per heavy atom. The molecule has 1 N–H and O–H groups in total. The number of nitrogens with one attached hydrogen (secondary N) is 1. The number of likely N-dealkylation sites (N-methyl/N-ethyl adjacent to an activating group) is 1. The van der Waals surface area contributed by atoms with Gasteiger partial charge < -0.3 is 5.32 Å². The van der Waals surface area contributed by atoms with Crippen molar-refractivity contribution in [1.82, 2.24) is 10.2 Å². The van der Waals surface area contributed by atoms with Crippen LogP contribution in [0.3, 0.4) is 0 Å². The lowest BCUT2D eigenvalue weighted by Gasteiger charge is -2.37. The van der Waals surface area contributed by atoms with Crippen molar-refractivity contribution >= 4 is 0 Å². The molecule has 112 valence electrons. The molecule has 1 saturated heterocycles. The Bertz CT molecular complexity index is 296. The quantitative estimate of drug-likeness (QED) is 0.838. The predicted octanol–water partition coefficient (Wildman–Crippen LogP) is 3.67. The molecule has 1 aliphatic heterocycles. The topological polar surface area (TPSA) is 15.3 Å². The van der Waals surface area contributed by atoms with Crippen molar-refractivity contribution in [3.05, 3.63) is 0 Å². The Kier molecular flexibility index (Phi) is 4.62. The SMILES string of the molecule is CCNC1C(N2CCCC(C)(C)CC2)CCC1(C)C. The molecule has 2 atom stereocenters. The number of hydrogen-bond donors (Lipinski definition) is 1. The first kappa shape index (κ1) is 15.3. The fourth-order valence-corrected chi connectivity index (χ4v) is 4.16. The molecule has 2 nitrogen and oxygen atoms in total. The smallest absolute Gasteiger partial charge is 0.0274 e. The number of likely N-dealkylation sites (tertiary alicyclic amines) is 1.